The van der Waals surface area contributed by atoms with E-state index in [0.29, 0.717) is 18.7 Å². The lowest BCUT2D eigenvalue weighted by molar-refractivity contribution is -0.149. The van der Waals surface area contributed by atoms with E-state index in [1.165, 1.54) is 0 Å². The number of rotatable bonds is 5. The monoisotopic (exact) mass is 352 g/mol. The Bertz CT molecular complexity index is 761. The number of hydrogen-bond donors (Lipinski definition) is 1. The number of hydrogen-bond acceptors (Lipinski definition) is 4. The van der Waals surface area contributed by atoms with Gasteiger partial charge in [0, 0.05) is 17.7 Å². The molecule has 2 atom stereocenters. The highest BCUT2D eigenvalue weighted by Crippen LogP contribution is 2.31. The largest absolute Gasteiger partial charge is 0.466 e. The average Bonchev–Trinajstić information content (AvgIpc) is 2.69. The fourth-order valence-electron chi connectivity index (χ4n) is 3.44. The summed E-state index contributed by atoms with van der Waals surface area (Å²) in [6.45, 7) is 2.18. The van der Waals surface area contributed by atoms with Gasteiger partial charge in [0.2, 0.25) is 5.91 Å². The van der Waals surface area contributed by atoms with Crippen molar-refractivity contribution < 1.29 is 14.3 Å². The van der Waals surface area contributed by atoms with Gasteiger partial charge in [-0.15, -0.1) is 0 Å². The predicted molar refractivity (Wildman–Crippen MR) is 100 cm³/mol. The van der Waals surface area contributed by atoms with E-state index in [2.05, 4.69) is 10.3 Å². The third-order valence-corrected chi connectivity index (χ3v) is 4.78. The van der Waals surface area contributed by atoms with E-state index < -0.39 is 0 Å². The Morgan fingerprint density at radius 3 is 2.65 bits per heavy atom. The first-order valence-corrected chi connectivity index (χ1v) is 9.15. The first-order valence-electron chi connectivity index (χ1n) is 9.15. The fraction of sp³-hybridized carbons (Fsp3) is 0.381. The van der Waals surface area contributed by atoms with Crippen molar-refractivity contribution in [3.8, 4) is 11.1 Å². The molecule has 1 aromatic carbocycles. The molecule has 0 saturated heterocycles. The number of aromatic nitrogens is 1. The van der Waals surface area contributed by atoms with Crippen LogP contribution in [0.15, 0.2) is 48.8 Å². The lowest BCUT2D eigenvalue weighted by atomic mass is 9.81. The molecule has 1 heterocycles. The number of carbonyl (C=O) groups is 2. The number of nitrogens with zero attached hydrogens (tertiary/aromatic N) is 1. The molecule has 5 nitrogen and oxygen atoms in total. The highest BCUT2D eigenvalue weighted by atomic mass is 16.5. The second-order valence-electron chi connectivity index (χ2n) is 6.63. The zero-order chi connectivity index (χ0) is 18.4. The van der Waals surface area contributed by atoms with Crippen molar-refractivity contribution in [3.63, 3.8) is 0 Å². The maximum Gasteiger partial charge on any atom is 0.308 e. The van der Waals surface area contributed by atoms with E-state index in [1.54, 1.807) is 19.3 Å². The summed E-state index contributed by atoms with van der Waals surface area (Å²) in [5.74, 6) is -0.574. The molecule has 0 spiro atoms. The van der Waals surface area contributed by atoms with Crippen molar-refractivity contribution in [3.05, 3.63) is 48.8 Å². The third-order valence-electron chi connectivity index (χ3n) is 4.78. The van der Waals surface area contributed by atoms with E-state index in [4.69, 9.17) is 4.74 Å². The molecule has 2 aromatic rings. The summed E-state index contributed by atoms with van der Waals surface area (Å²) in [6, 6.07) is 11.8. The molecule has 1 saturated carbocycles. The number of carbonyl (C=O) groups excluding carboxylic acids is 2. The number of amides is 1. The third kappa shape index (κ3) is 4.48. The molecule has 3 rings (SSSR count). The molecule has 1 amide bonds. The van der Waals surface area contributed by atoms with Gasteiger partial charge in [-0.25, -0.2) is 0 Å². The van der Waals surface area contributed by atoms with Crippen LogP contribution in [-0.2, 0) is 14.3 Å². The lowest BCUT2D eigenvalue weighted by Gasteiger charge is -2.26. The predicted octanol–water partition coefficient (Wildman–Crippen LogP) is 4.06. The lowest BCUT2D eigenvalue weighted by Crippen LogP contribution is -2.31. The molecule has 26 heavy (non-hydrogen) atoms. The van der Waals surface area contributed by atoms with Crippen molar-refractivity contribution in [2.45, 2.75) is 32.6 Å². The Kier molecular flexibility index (Phi) is 6.00. The van der Waals surface area contributed by atoms with E-state index in [9.17, 15) is 9.59 Å². The van der Waals surface area contributed by atoms with E-state index in [-0.39, 0.29) is 23.7 Å². The van der Waals surface area contributed by atoms with Gasteiger partial charge in [0.15, 0.2) is 0 Å². The van der Waals surface area contributed by atoms with Gasteiger partial charge in [-0.05, 0) is 37.8 Å². The minimum Gasteiger partial charge on any atom is -0.466 e. The summed E-state index contributed by atoms with van der Waals surface area (Å²) in [6.07, 6.45) is 6.44. The van der Waals surface area contributed by atoms with Gasteiger partial charge in [0.1, 0.15) is 0 Å². The van der Waals surface area contributed by atoms with Crippen molar-refractivity contribution in [2.75, 3.05) is 11.9 Å². The maximum absolute atomic E-state index is 12.7. The average molecular weight is 352 g/mol. The molecular formula is C21H24N2O3. The molecule has 0 unspecified atom stereocenters. The molecule has 0 aliphatic heterocycles. The number of pyridine rings is 1. The summed E-state index contributed by atoms with van der Waals surface area (Å²) in [5.41, 5.74) is 2.68. The van der Waals surface area contributed by atoms with Crippen LogP contribution in [-0.4, -0.2) is 23.5 Å². The van der Waals surface area contributed by atoms with Crippen molar-refractivity contribution in [1.29, 1.82) is 0 Å². The van der Waals surface area contributed by atoms with Crippen LogP contribution in [0.3, 0.4) is 0 Å². The van der Waals surface area contributed by atoms with Gasteiger partial charge in [0.25, 0.3) is 0 Å². The summed E-state index contributed by atoms with van der Waals surface area (Å²) in [4.78, 5) is 28.9. The quantitative estimate of drug-likeness (QED) is 0.824. The van der Waals surface area contributed by atoms with Gasteiger partial charge in [0.05, 0.1) is 24.4 Å². The summed E-state index contributed by atoms with van der Waals surface area (Å²) in [7, 11) is 0. The normalized spacial score (nSPS) is 19.6. The summed E-state index contributed by atoms with van der Waals surface area (Å²) in [5, 5.41) is 2.96. The first-order chi connectivity index (χ1) is 12.7. The Morgan fingerprint density at radius 1 is 1.12 bits per heavy atom. The van der Waals surface area contributed by atoms with Crippen LogP contribution in [0.2, 0.25) is 0 Å². The topological polar surface area (TPSA) is 68.3 Å². The molecular weight excluding hydrogens is 328 g/mol. The Hall–Kier alpha value is -2.69. The van der Waals surface area contributed by atoms with Gasteiger partial charge < -0.3 is 10.1 Å². The number of esters is 1. The molecule has 1 N–H and O–H groups in total. The van der Waals surface area contributed by atoms with E-state index in [1.807, 2.05) is 36.4 Å². The summed E-state index contributed by atoms with van der Waals surface area (Å²) >= 11 is 0. The van der Waals surface area contributed by atoms with Gasteiger partial charge in [-0.3, -0.25) is 14.6 Å². The molecule has 136 valence electrons. The van der Waals surface area contributed by atoms with Crippen LogP contribution in [0.1, 0.15) is 32.6 Å². The highest BCUT2D eigenvalue weighted by molar-refractivity contribution is 5.93. The highest BCUT2D eigenvalue weighted by Gasteiger charge is 2.32. The smallest absolute Gasteiger partial charge is 0.308 e. The Morgan fingerprint density at radius 2 is 1.88 bits per heavy atom. The van der Waals surface area contributed by atoms with Crippen LogP contribution < -0.4 is 5.32 Å². The molecule has 1 aliphatic carbocycles. The van der Waals surface area contributed by atoms with Crippen LogP contribution in [0.4, 0.5) is 5.69 Å². The maximum atomic E-state index is 12.7. The number of anilines is 1. The molecule has 1 aromatic heterocycles. The SMILES string of the molecule is CCOC(=O)[C@H]1CCC[C@@H](C(=O)Nc2cncc(-c3ccccc3)c2)C1. The van der Waals surface area contributed by atoms with E-state index in [0.717, 1.165) is 30.4 Å². The molecule has 1 fully saturated rings. The van der Waals surface area contributed by atoms with Gasteiger partial charge in [-0.2, -0.15) is 0 Å². The van der Waals surface area contributed by atoms with Crippen LogP contribution >= 0.6 is 0 Å². The summed E-state index contributed by atoms with van der Waals surface area (Å²) < 4.78 is 5.11. The van der Waals surface area contributed by atoms with Gasteiger partial charge >= 0.3 is 5.97 Å². The molecule has 0 radical (unpaired) electrons. The molecule has 0 bridgehead atoms. The van der Waals surface area contributed by atoms with Crippen molar-refractivity contribution in [2.24, 2.45) is 11.8 Å². The van der Waals surface area contributed by atoms with Crippen molar-refractivity contribution >= 4 is 17.6 Å². The number of ether oxygens (including phenoxy) is 1. The van der Waals surface area contributed by atoms with Crippen LogP contribution in [0, 0.1) is 11.8 Å². The second-order valence-corrected chi connectivity index (χ2v) is 6.63. The number of nitrogens with one attached hydrogen (secondary N) is 1. The minimum absolute atomic E-state index is 0.0500. The Balaban J connectivity index is 1.65. The number of benzene rings is 1. The van der Waals surface area contributed by atoms with Crippen molar-refractivity contribution in [1.82, 2.24) is 4.98 Å². The molecule has 5 heteroatoms. The zero-order valence-electron chi connectivity index (χ0n) is 15.0. The molecule has 1 aliphatic rings. The van der Waals surface area contributed by atoms with Crippen LogP contribution in [0.5, 0.6) is 0 Å². The van der Waals surface area contributed by atoms with Crippen LogP contribution in [0.25, 0.3) is 11.1 Å². The first kappa shape index (κ1) is 18.1. The Labute approximate surface area is 153 Å². The van der Waals surface area contributed by atoms with Gasteiger partial charge in [-0.1, -0.05) is 36.8 Å². The standard InChI is InChI=1S/C21H24N2O3/c1-2-26-21(25)17-10-6-9-16(11-17)20(24)23-19-12-18(13-22-14-19)15-7-4-3-5-8-15/h3-5,7-8,12-14,16-17H,2,6,9-11H2,1H3,(H,23,24)/t16-,17+/m1/s1. The fourth-order valence-corrected chi connectivity index (χ4v) is 3.44. The van der Waals surface area contributed by atoms with E-state index >= 15 is 0 Å². The minimum atomic E-state index is -0.183. The second kappa shape index (κ2) is 8.61. The zero-order valence-corrected chi connectivity index (χ0v) is 15.0.